The van der Waals surface area contributed by atoms with Gasteiger partial charge in [0.15, 0.2) is 45.9 Å². The first-order valence-electron chi connectivity index (χ1n) is 32.7. The number of hydrogen-bond acceptors (Lipinski definition) is 14. The number of aromatic amines is 2. The summed E-state index contributed by atoms with van der Waals surface area (Å²) in [6.45, 7) is 4.42. The van der Waals surface area contributed by atoms with Gasteiger partial charge in [0.2, 0.25) is 0 Å². The molecule has 0 radical (unpaired) electrons. The molecule has 96 heavy (non-hydrogen) atoms. The Morgan fingerprint density at radius 2 is 0.344 bits per heavy atom. The Kier molecular flexibility index (Phi) is 19.0. The zero-order valence-corrected chi connectivity index (χ0v) is 56.0. The molecule has 8 aromatic carbocycles. The Morgan fingerprint density at radius 1 is 0.198 bits per heavy atom. The van der Waals surface area contributed by atoms with E-state index in [-0.39, 0.29) is 0 Å². The monoisotopic (exact) mass is 1270 g/mol. The molecule has 0 saturated carbocycles. The summed E-state index contributed by atoms with van der Waals surface area (Å²) in [6, 6.07) is 84.6. The standard InChI is InChI=1S/C80H82N16/c1-89(49-57-33-17-9-18-34-57)65-66(90(2)50-58-35-19-10-20-36-58)74-81-73(65)85-75-67(91(3)51-59-37-21-11-22-38-59)68(92(4)52-60-39-23-12-24-40-60)77(82-75)87-79-71(95(7)55-63-45-29-15-30-46-63)72(96(8)56-64-47-31-16-32-48-64)80(84-79)88-78-70(94(6)54-62-43-27-14-28-44-62)69(76(83-78)86-74)93(5)53-61-41-25-13-26-42-61/h9-48H,49-56H2,1-8H3,(H2,81,82,83,84,85,86,87,88). The van der Waals surface area contributed by atoms with Gasteiger partial charge in [0.1, 0.15) is 45.5 Å². The Hall–Kier alpha value is -11.5. The molecule has 5 heterocycles. The van der Waals surface area contributed by atoms with Crippen LogP contribution in [-0.4, -0.2) is 116 Å². The summed E-state index contributed by atoms with van der Waals surface area (Å²) in [5, 5.41) is 0. The number of anilines is 4. The molecule has 16 heteroatoms. The minimum atomic E-state index is 0.479. The van der Waals surface area contributed by atoms with Crippen LogP contribution in [0, 0.1) is 0 Å². The van der Waals surface area contributed by atoms with Crippen LogP contribution in [0.2, 0.25) is 0 Å². The molecule has 3 aromatic heterocycles. The van der Waals surface area contributed by atoms with Gasteiger partial charge in [-0.2, -0.15) is 0 Å². The number of fused-ring (bicyclic) bond motifs is 8. The summed E-state index contributed by atoms with van der Waals surface area (Å²) >= 11 is 0. The maximum Gasteiger partial charge on any atom is 0.182 e. The van der Waals surface area contributed by atoms with Crippen molar-refractivity contribution in [2.45, 2.75) is 52.4 Å². The van der Waals surface area contributed by atoms with E-state index in [1.54, 1.807) is 0 Å². The summed E-state index contributed by atoms with van der Waals surface area (Å²) < 4.78 is 0. The Labute approximate surface area is 563 Å². The predicted molar refractivity (Wildman–Crippen MR) is 392 cm³/mol. The minimum absolute atomic E-state index is 0.479. The minimum Gasteiger partial charge on any atom is -0.365 e. The van der Waals surface area contributed by atoms with Crippen LogP contribution in [0.4, 0.5) is 22.7 Å². The van der Waals surface area contributed by atoms with E-state index in [1.165, 1.54) is 0 Å². The number of benzene rings is 8. The van der Waals surface area contributed by atoms with Gasteiger partial charge in [-0.05, 0) is 44.5 Å². The number of H-pyrrole nitrogens is 2. The smallest absolute Gasteiger partial charge is 0.182 e. The van der Waals surface area contributed by atoms with Crippen LogP contribution in [0.1, 0.15) is 67.8 Å². The quantitative estimate of drug-likeness (QED) is 0.0594. The van der Waals surface area contributed by atoms with E-state index in [2.05, 4.69) is 348 Å². The fraction of sp³-hybridized carbons (Fsp3) is 0.200. The van der Waals surface area contributed by atoms with Crippen molar-refractivity contribution in [2.75, 3.05) is 76.0 Å². The van der Waals surface area contributed by atoms with Gasteiger partial charge in [-0.15, -0.1) is 0 Å². The van der Waals surface area contributed by atoms with Gasteiger partial charge in [-0.3, -0.25) is 0 Å². The second-order valence-corrected chi connectivity index (χ2v) is 25.1. The predicted octanol–water partition coefficient (Wildman–Crippen LogP) is 14.6. The first-order chi connectivity index (χ1) is 46.9. The highest BCUT2D eigenvalue weighted by atomic mass is 15.3. The lowest BCUT2D eigenvalue weighted by Gasteiger charge is -2.27. The second-order valence-electron chi connectivity index (χ2n) is 25.1. The molecular formula is C80H82N16. The van der Waals surface area contributed by atoms with Crippen LogP contribution in [0.3, 0.4) is 0 Å². The first-order valence-corrected chi connectivity index (χ1v) is 32.7. The first kappa shape index (κ1) is 63.2. The normalized spacial score (nSPS) is 12.0. The zero-order chi connectivity index (χ0) is 66.1. The van der Waals surface area contributed by atoms with Crippen molar-refractivity contribution in [1.29, 1.82) is 0 Å². The van der Waals surface area contributed by atoms with E-state index in [0.29, 0.717) is 98.2 Å². The molecule has 482 valence electrons. The van der Waals surface area contributed by atoms with Crippen molar-refractivity contribution in [3.63, 3.8) is 0 Å². The molecule has 0 aliphatic carbocycles. The summed E-state index contributed by atoms with van der Waals surface area (Å²) in [5.41, 5.74) is 17.9. The van der Waals surface area contributed by atoms with Gasteiger partial charge < -0.3 is 49.2 Å². The Bertz CT molecular complexity index is 4080. The van der Waals surface area contributed by atoms with Crippen LogP contribution in [0.15, 0.2) is 243 Å². The van der Waals surface area contributed by atoms with E-state index in [1.807, 2.05) is 0 Å². The van der Waals surface area contributed by atoms with E-state index in [4.69, 9.17) is 29.9 Å². The van der Waals surface area contributed by atoms with Gasteiger partial charge in [0, 0.05) is 109 Å². The number of hydrogen-bond donors (Lipinski definition) is 2. The zero-order valence-electron chi connectivity index (χ0n) is 56.0. The van der Waals surface area contributed by atoms with Crippen LogP contribution >= 0.6 is 0 Å². The molecule has 8 bridgehead atoms. The fourth-order valence-electron chi connectivity index (χ4n) is 13.1. The molecule has 0 atom stereocenters. The van der Waals surface area contributed by atoms with E-state index in [9.17, 15) is 0 Å². The van der Waals surface area contributed by atoms with Crippen molar-refractivity contribution in [1.82, 2.24) is 59.5 Å². The van der Waals surface area contributed by atoms with Gasteiger partial charge in [0.25, 0.3) is 0 Å². The molecule has 0 unspecified atom stereocenters. The average molecular weight is 1270 g/mol. The number of aromatic nitrogens is 8. The van der Waals surface area contributed by atoms with Crippen molar-refractivity contribution in [3.8, 4) is 0 Å². The lowest BCUT2D eigenvalue weighted by atomic mass is 10.1. The topological polar surface area (TPSA) is 135 Å². The molecule has 11 aromatic rings. The third-order valence-corrected chi connectivity index (χ3v) is 17.6. The van der Waals surface area contributed by atoms with Crippen LogP contribution < -0.4 is 19.6 Å². The van der Waals surface area contributed by atoms with Crippen molar-refractivity contribution >= 4 is 68.1 Å². The molecule has 2 aliphatic rings. The van der Waals surface area contributed by atoms with Crippen LogP contribution in [0.25, 0.3) is 45.4 Å². The highest BCUT2D eigenvalue weighted by Gasteiger charge is 2.34. The molecule has 0 saturated heterocycles. The molecule has 2 aliphatic heterocycles. The van der Waals surface area contributed by atoms with Gasteiger partial charge in [-0.25, -0.2) is 29.9 Å². The lowest BCUT2D eigenvalue weighted by Crippen LogP contribution is -2.24. The SMILES string of the molecule is CN(Cc1ccccc1)C1=C(N(C)Cc2ccccc2)c2nc1nc1[nH]c(nc3nc(nc4[nH]c(n2)c(N(C)Cc2ccccc2)c4N(C)Cc2ccccc2)C(N(C)Cc2ccccc2)=C3N(C)Cc2ccccc2)c(N(C)Cc2ccccc2)c1N(C)Cc1ccccc1. The molecule has 13 rings (SSSR count). The molecule has 2 N–H and O–H groups in total. The van der Waals surface area contributed by atoms with Gasteiger partial charge in [0.05, 0.1) is 0 Å². The molecule has 0 fully saturated rings. The molecular weight excluding hydrogens is 1180 g/mol. The van der Waals surface area contributed by atoms with Crippen LogP contribution in [-0.2, 0) is 52.4 Å². The highest BCUT2D eigenvalue weighted by molar-refractivity contribution is 5.99. The summed E-state index contributed by atoms with van der Waals surface area (Å²) in [7, 11) is 17.1. The third-order valence-electron chi connectivity index (χ3n) is 17.6. The highest BCUT2D eigenvalue weighted by Crippen LogP contribution is 2.43. The fourth-order valence-corrected chi connectivity index (χ4v) is 13.1. The van der Waals surface area contributed by atoms with E-state index >= 15 is 0 Å². The molecule has 0 amide bonds. The maximum absolute atomic E-state index is 5.90. The Morgan fingerprint density at radius 3 is 0.500 bits per heavy atom. The second kappa shape index (κ2) is 28.8. The maximum atomic E-state index is 5.90. The average Bonchev–Trinajstić information content (AvgIpc) is 1.60. The molecule has 0 spiro atoms. The molecule has 16 nitrogen and oxygen atoms in total. The van der Waals surface area contributed by atoms with Gasteiger partial charge >= 0.3 is 0 Å². The van der Waals surface area contributed by atoms with Gasteiger partial charge in [-0.1, -0.05) is 243 Å². The summed E-state index contributed by atoms with van der Waals surface area (Å²) in [6.07, 6.45) is 0. The summed E-state index contributed by atoms with van der Waals surface area (Å²) in [5.74, 6) is 1.92. The number of rotatable bonds is 24. The van der Waals surface area contributed by atoms with Crippen molar-refractivity contribution in [2.24, 2.45) is 0 Å². The third kappa shape index (κ3) is 14.2. The summed E-state index contributed by atoms with van der Waals surface area (Å²) in [4.78, 5) is 61.1. The van der Waals surface area contributed by atoms with Crippen LogP contribution in [0.5, 0.6) is 0 Å². The largest absolute Gasteiger partial charge is 0.365 e. The van der Waals surface area contributed by atoms with E-state index in [0.717, 1.165) is 90.0 Å². The van der Waals surface area contributed by atoms with Crippen molar-refractivity contribution < 1.29 is 0 Å². The lowest BCUT2D eigenvalue weighted by molar-refractivity contribution is 0.443. The van der Waals surface area contributed by atoms with E-state index < -0.39 is 0 Å². The van der Waals surface area contributed by atoms with Crippen molar-refractivity contribution in [3.05, 3.63) is 310 Å². The Balaban J connectivity index is 1.20. The number of nitrogens with zero attached hydrogens (tertiary/aromatic N) is 14. The number of nitrogens with one attached hydrogen (secondary N) is 2.